The Kier molecular flexibility index (Phi) is 2.13. The van der Waals surface area contributed by atoms with Crippen LogP contribution in [0.1, 0.15) is 25.6 Å². The smallest absolute Gasteiger partial charge is 0.344 e. The lowest BCUT2D eigenvalue weighted by molar-refractivity contribution is -0.151. The van der Waals surface area contributed by atoms with Gasteiger partial charge in [0, 0.05) is 6.42 Å². The Balaban J connectivity index is 2.58. The number of esters is 1. The van der Waals surface area contributed by atoms with Crippen LogP contribution in [0, 0.1) is 0 Å². The molecule has 0 bridgehead atoms. The zero-order valence-corrected chi connectivity index (χ0v) is 8.74. The first kappa shape index (κ1) is 9.95. The number of carbonyl (C=O) groups is 1. The zero-order valence-electron chi connectivity index (χ0n) is 8.74. The molecule has 0 aliphatic carbocycles. The number of aromatic amines is 1. The van der Waals surface area contributed by atoms with Crippen molar-refractivity contribution in [2.24, 2.45) is 0 Å². The molecule has 2 heterocycles. The highest BCUT2D eigenvalue weighted by Crippen LogP contribution is 2.28. The van der Waals surface area contributed by atoms with E-state index in [2.05, 4.69) is 10.2 Å². The standard InChI is InChI=1S/C9H13N3O3/c1-9(7(13)15-2)5-3-4-6-10-11-8(14)12(6)9/h3-5H2,1-2H3,(H,11,14). The lowest BCUT2D eigenvalue weighted by Gasteiger charge is -2.31. The largest absolute Gasteiger partial charge is 0.467 e. The number of nitrogens with zero attached hydrogens (tertiary/aromatic N) is 2. The first-order valence-corrected chi connectivity index (χ1v) is 4.85. The summed E-state index contributed by atoms with van der Waals surface area (Å²) < 4.78 is 6.14. The highest BCUT2D eigenvalue weighted by molar-refractivity contribution is 5.78. The monoisotopic (exact) mass is 211 g/mol. The van der Waals surface area contributed by atoms with E-state index in [9.17, 15) is 9.59 Å². The van der Waals surface area contributed by atoms with Gasteiger partial charge in [0.25, 0.3) is 0 Å². The molecule has 1 aromatic rings. The number of hydrogen-bond acceptors (Lipinski definition) is 4. The second kappa shape index (κ2) is 3.22. The summed E-state index contributed by atoms with van der Waals surface area (Å²) >= 11 is 0. The van der Waals surface area contributed by atoms with Crippen molar-refractivity contribution in [1.29, 1.82) is 0 Å². The molecule has 15 heavy (non-hydrogen) atoms. The molecular weight excluding hydrogens is 198 g/mol. The van der Waals surface area contributed by atoms with E-state index in [1.165, 1.54) is 11.7 Å². The predicted octanol–water partition coefficient (Wildman–Crippen LogP) is -0.204. The van der Waals surface area contributed by atoms with Gasteiger partial charge in [0.1, 0.15) is 11.4 Å². The van der Waals surface area contributed by atoms with Gasteiger partial charge in [-0.2, -0.15) is 5.10 Å². The third-order valence-corrected chi connectivity index (χ3v) is 2.92. The molecule has 1 unspecified atom stereocenters. The molecule has 1 aliphatic rings. The summed E-state index contributed by atoms with van der Waals surface area (Å²) in [5, 5.41) is 6.25. The summed E-state index contributed by atoms with van der Waals surface area (Å²) in [6.45, 7) is 1.71. The van der Waals surface area contributed by atoms with E-state index in [4.69, 9.17) is 4.74 Å². The van der Waals surface area contributed by atoms with Gasteiger partial charge >= 0.3 is 11.7 Å². The minimum atomic E-state index is -0.910. The topological polar surface area (TPSA) is 77.0 Å². The van der Waals surface area contributed by atoms with E-state index in [0.29, 0.717) is 18.7 Å². The number of hydrogen-bond donors (Lipinski definition) is 1. The molecule has 6 nitrogen and oxygen atoms in total. The van der Waals surface area contributed by atoms with E-state index < -0.39 is 11.5 Å². The summed E-state index contributed by atoms with van der Waals surface area (Å²) in [4.78, 5) is 23.2. The number of carbonyl (C=O) groups excluding carboxylic acids is 1. The highest BCUT2D eigenvalue weighted by Gasteiger charge is 2.41. The molecule has 1 N–H and O–H groups in total. The molecule has 0 fully saturated rings. The number of rotatable bonds is 1. The van der Waals surface area contributed by atoms with Gasteiger partial charge in [-0.15, -0.1) is 0 Å². The number of ether oxygens (including phenoxy) is 1. The van der Waals surface area contributed by atoms with Crippen LogP contribution in [-0.4, -0.2) is 27.8 Å². The van der Waals surface area contributed by atoms with E-state index in [-0.39, 0.29) is 5.69 Å². The highest BCUT2D eigenvalue weighted by atomic mass is 16.5. The molecule has 6 heteroatoms. The normalized spacial score (nSPS) is 24.7. The van der Waals surface area contributed by atoms with Gasteiger partial charge < -0.3 is 4.74 Å². The maximum atomic E-state index is 11.7. The Labute approximate surface area is 86.2 Å². The predicted molar refractivity (Wildman–Crippen MR) is 51.4 cm³/mol. The quantitative estimate of drug-likeness (QED) is 0.652. The number of nitrogens with one attached hydrogen (secondary N) is 1. The minimum Gasteiger partial charge on any atom is -0.467 e. The molecule has 0 saturated heterocycles. The maximum Gasteiger partial charge on any atom is 0.344 e. The summed E-state index contributed by atoms with van der Waals surface area (Å²) in [6, 6.07) is 0. The number of methoxy groups -OCH3 is 1. The summed E-state index contributed by atoms with van der Waals surface area (Å²) in [5.74, 6) is 0.228. The molecule has 1 aliphatic heterocycles. The Morgan fingerprint density at radius 2 is 2.40 bits per heavy atom. The molecule has 1 atom stereocenters. The second-order valence-corrected chi connectivity index (χ2v) is 3.90. The first-order chi connectivity index (χ1) is 7.09. The molecule has 0 radical (unpaired) electrons. The van der Waals surface area contributed by atoms with Crippen LogP contribution in [0.25, 0.3) is 0 Å². The van der Waals surface area contributed by atoms with E-state index >= 15 is 0 Å². The molecule has 0 saturated carbocycles. The van der Waals surface area contributed by atoms with Crippen LogP contribution < -0.4 is 5.69 Å². The van der Waals surface area contributed by atoms with Crippen molar-refractivity contribution >= 4 is 5.97 Å². The average Bonchev–Trinajstić information content (AvgIpc) is 2.61. The van der Waals surface area contributed by atoms with Crippen molar-refractivity contribution in [1.82, 2.24) is 14.8 Å². The molecule has 0 spiro atoms. The Hall–Kier alpha value is -1.59. The molecular formula is C9H13N3O3. The third-order valence-electron chi connectivity index (χ3n) is 2.92. The van der Waals surface area contributed by atoms with Gasteiger partial charge in [0.2, 0.25) is 0 Å². The van der Waals surface area contributed by atoms with Crippen LogP contribution in [0.4, 0.5) is 0 Å². The van der Waals surface area contributed by atoms with Gasteiger partial charge in [-0.05, 0) is 19.8 Å². The van der Waals surface area contributed by atoms with Crippen LogP contribution in [0.2, 0.25) is 0 Å². The van der Waals surface area contributed by atoms with E-state index in [1.807, 2.05) is 0 Å². The lowest BCUT2D eigenvalue weighted by Crippen LogP contribution is -2.48. The number of fused-ring (bicyclic) bond motifs is 1. The first-order valence-electron chi connectivity index (χ1n) is 4.85. The maximum absolute atomic E-state index is 11.7. The van der Waals surface area contributed by atoms with Gasteiger partial charge in [0.15, 0.2) is 0 Å². The second-order valence-electron chi connectivity index (χ2n) is 3.90. The number of aryl methyl sites for hydroxylation is 1. The molecule has 1 aromatic heterocycles. The Morgan fingerprint density at radius 1 is 1.67 bits per heavy atom. The van der Waals surface area contributed by atoms with Gasteiger partial charge in [-0.3, -0.25) is 4.57 Å². The number of aromatic nitrogens is 3. The summed E-state index contributed by atoms with van der Waals surface area (Å²) in [6.07, 6.45) is 2.15. The van der Waals surface area contributed by atoms with Crippen molar-refractivity contribution < 1.29 is 9.53 Å². The Bertz CT molecular complexity index is 448. The fraction of sp³-hybridized carbons (Fsp3) is 0.667. The van der Waals surface area contributed by atoms with Crippen molar-refractivity contribution in [3.05, 3.63) is 16.3 Å². The molecule has 0 aromatic carbocycles. The van der Waals surface area contributed by atoms with Crippen molar-refractivity contribution in [3.63, 3.8) is 0 Å². The van der Waals surface area contributed by atoms with Gasteiger partial charge in [-0.25, -0.2) is 14.7 Å². The van der Waals surface area contributed by atoms with Crippen LogP contribution in [0.15, 0.2) is 4.79 Å². The van der Waals surface area contributed by atoms with Gasteiger partial charge in [-0.1, -0.05) is 0 Å². The van der Waals surface area contributed by atoms with Crippen molar-refractivity contribution in [2.75, 3.05) is 7.11 Å². The van der Waals surface area contributed by atoms with Crippen molar-refractivity contribution in [3.8, 4) is 0 Å². The fourth-order valence-corrected chi connectivity index (χ4v) is 2.12. The van der Waals surface area contributed by atoms with Crippen LogP contribution in [0.5, 0.6) is 0 Å². The minimum absolute atomic E-state index is 0.349. The van der Waals surface area contributed by atoms with Crippen LogP contribution in [-0.2, 0) is 21.5 Å². The number of H-pyrrole nitrogens is 1. The van der Waals surface area contributed by atoms with Gasteiger partial charge in [0.05, 0.1) is 7.11 Å². The van der Waals surface area contributed by atoms with E-state index in [1.54, 1.807) is 6.92 Å². The molecule has 82 valence electrons. The Morgan fingerprint density at radius 3 is 3.07 bits per heavy atom. The lowest BCUT2D eigenvalue weighted by atomic mass is 9.91. The van der Waals surface area contributed by atoms with Crippen LogP contribution in [0.3, 0.4) is 0 Å². The van der Waals surface area contributed by atoms with Crippen molar-refractivity contribution in [2.45, 2.75) is 31.7 Å². The van der Waals surface area contributed by atoms with E-state index in [0.717, 1.165) is 6.42 Å². The van der Waals surface area contributed by atoms with Crippen LogP contribution >= 0.6 is 0 Å². The molecule has 2 rings (SSSR count). The molecule has 0 amide bonds. The average molecular weight is 211 g/mol. The zero-order chi connectivity index (χ0) is 11.1. The SMILES string of the molecule is COC(=O)C1(C)CCCc2n[nH]c(=O)n21. The third kappa shape index (κ3) is 1.28. The summed E-state index contributed by atoms with van der Waals surface area (Å²) in [7, 11) is 1.33. The fourth-order valence-electron chi connectivity index (χ4n) is 2.12. The summed E-state index contributed by atoms with van der Waals surface area (Å²) in [5.41, 5.74) is -1.26.